The number of aliphatic carboxylic acids is 2. The van der Waals surface area contributed by atoms with Crippen molar-refractivity contribution in [3.63, 3.8) is 0 Å². The van der Waals surface area contributed by atoms with Gasteiger partial charge in [-0.1, -0.05) is 298 Å². The van der Waals surface area contributed by atoms with Gasteiger partial charge in [0.05, 0.1) is 0 Å². The van der Waals surface area contributed by atoms with Crippen LogP contribution in [0, 0.1) is 0 Å². The Hall–Kier alpha value is -0.261. The molecule has 0 heterocycles. The topological polar surface area (TPSA) is 74.6 Å². The first kappa shape index (κ1) is 65.9. The first-order valence-corrected chi connectivity index (χ1v) is 25.8. The van der Waals surface area contributed by atoms with Gasteiger partial charge in [-0.25, -0.2) is 0 Å². The van der Waals surface area contributed by atoms with Gasteiger partial charge in [0.2, 0.25) is 0 Å². The summed E-state index contributed by atoms with van der Waals surface area (Å²) in [5.41, 5.74) is 0. The Kier molecular flexibility index (Phi) is 78.0. The van der Waals surface area contributed by atoms with Crippen molar-refractivity contribution in [1.29, 1.82) is 0 Å². The molecule has 2 N–H and O–H groups in total. The maximum atomic E-state index is 10.3. The van der Waals surface area contributed by atoms with Crippen LogP contribution in [0.3, 0.4) is 0 Å². The van der Waals surface area contributed by atoms with E-state index in [2.05, 4.69) is 41.5 Å². The normalized spacial score (nSPS) is 10.4. The summed E-state index contributed by atoms with van der Waals surface area (Å²) in [6.45, 7) is 13.6. The van der Waals surface area contributed by atoms with Gasteiger partial charge < -0.3 is 10.2 Å². The SMILES string of the molecule is CCCCCCCC.CCCCCCCC.CCCCCCCCCCCCCCCCCC(=O)O.CCCCCCCCCCCCCCCCCC(=O)O.[Sn]. The van der Waals surface area contributed by atoms with Crippen molar-refractivity contribution in [3.05, 3.63) is 0 Å². The van der Waals surface area contributed by atoms with E-state index in [1.807, 2.05) is 0 Å². The van der Waals surface area contributed by atoms with Crippen molar-refractivity contribution in [2.75, 3.05) is 0 Å². The molecule has 0 amide bonds. The Morgan fingerprint density at radius 1 is 0.228 bits per heavy atom. The number of rotatable bonds is 42. The van der Waals surface area contributed by atoms with Crippen LogP contribution in [0.5, 0.6) is 0 Å². The Morgan fingerprint density at radius 3 is 0.439 bits per heavy atom. The van der Waals surface area contributed by atoms with Gasteiger partial charge in [0, 0.05) is 36.7 Å². The molecule has 0 rings (SSSR count). The molecule has 0 aliphatic rings. The second kappa shape index (κ2) is 67.5. The molecule has 0 aliphatic heterocycles. The van der Waals surface area contributed by atoms with Crippen LogP contribution in [0.25, 0.3) is 0 Å². The first-order valence-electron chi connectivity index (χ1n) is 25.8. The number of carboxylic acids is 2. The van der Waals surface area contributed by atoms with Crippen LogP contribution in [0.4, 0.5) is 0 Å². The number of unbranched alkanes of at least 4 members (excludes halogenated alkanes) is 38. The van der Waals surface area contributed by atoms with E-state index in [4.69, 9.17) is 10.2 Å². The van der Waals surface area contributed by atoms with Crippen LogP contribution in [0.1, 0.15) is 324 Å². The molecule has 0 aromatic heterocycles. The summed E-state index contributed by atoms with van der Waals surface area (Å²) in [6.07, 6.45) is 57.4. The summed E-state index contributed by atoms with van der Waals surface area (Å²) in [4.78, 5) is 20.7. The molecule has 0 aliphatic carbocycles. The Labute approximate surface area is 377 Å². The van der Waals surface area contributed by atoms with Gasteiger partial charge in [-0.3, -0.25) is 9.59 Å². The van der Waals surface area contributed by atoms with E-state index >= 15 is 0 Å². The van der Waals surface area contributed by atoms with E-state index in [1.54, 1.807) is 0 Å². The second-order valence-corrected chi connectivity index (χ2v) is 17.0. The zero-order valence-corrected chi connectivity index (χ0v) is 43.2. The van der Waals surface area contributed by atoms with E-state index in [0.717, 1.165) is 25.7 Å². The molecule has 0 fully saturated rings. The molecule has 0 saturated heterocycles. The average molecular weight is 916 g/mol. The van der Waals surface area contributed by atoms with Gasteiger partial charge >= 0.3 is 11.9 Å². The molecule has 0 aromatic rings. The number of hydrogen-bond acceptors (Lipinski definition) is 2. The Balaban J connectivity index is -0.000000228. The molecular weight excluding hydrogens is 807 g/mol. The quantitative estimate of drug-likeness (QED) is 0.0473. The number of hydrogen-bond donors (Lipinski definition) is 2. The van der Waals surface area contributed by atoms with Crippen molar-refractivity contribution >= 4 is 35.8 Å². The van der Waals surface area contributed by atoms with Crippen molar-refractivity contribution in [3.8, 4) is 0 Å². The van der Waals surface area contributed by atoms with Gasteiger partial charge in [-0.05, 0) is 12.8 Å². The molecule has 4 nitrogen and oxygen atoms in total. The van der Waals surface area contributed by atoms with E-state index in [0.29, 0.717) is 12.8 Å². The Morgan fingerprint density at radius 2 is 0.333 bits per heavy atom. The summed E-state index contributed by atoms with van der Waals surface area (Å²) in [7, 11) is 0. The van der Waals surface area contributed by atoms with Gasteiger partial charge in [0.1, 0.15) is 0 Å². The average Bonchev–Trinajstić information content (AvgIpc) is 3.19. The molecule has 5 heteroatoms. The number of carboxylic acid groups (broad SMARTS) is 2. The summed E-state index contributed by atoms with van der Waals surface area (Å²) in [6, 6.07) is 0. The predicted octanol–water partition coefficient (Wildman–Crippen LogP) is 19.0. The fourth-order valence-corrected chi connectivity index (χ4v) is 7.00. The molecule has 57 heavy (non-hydrogen) atoms. The van der Waals surface area contributed by atoms with Crippen LogP contribution in [-0.4, -0.2) is 46.1 Å². The summed E-state index contributed by atoms with van der Waals surface area (Å²) in [5.74, 6) is -1.31. The zero-order valence-electron chi connectivity index (χ0n) is 40.3. The standard InChI is InChI=1S/2C18H36O2.2C8H18.Sn/c2*1-2-3-4-5-6-7-8-9-10-11-12-13-14-15-16-17-18(19)20;2*1-3-5-7-8-6-4-2;/h2*2-17H2,1H3,(H,19,20);2*3-8H2,1-2H3;. The number of carbonyl (C=O) groups is 2. The minimum Gasteiger partial charge on any atom is -0.481 e. The minimum atomic E-state index is -0.653. The van der Waals surface area contributed by atoms with Crippen LogP contribution < -0.4 is 0 Å². The van der Waals surface area contributed by atoms with Crippen molar-refractivity contribution in [2.24, 2.45) is 0 Å². The van der Waals surface area contributed by atoms with Gasteiger partial charge in [-0.2, -0.15) is 0 Å². The summed E-state index contributed by atoms with van der Waals surface area (Å²) < 4.78 is 0. The van der Waals surface area contributed by atoms with E-state index in [1.165, 1.54) is 244 Å². The molecule has 0 spiro atoms. The van der Waals surface area contributed by atoms with Crippen molar-refractivity contribution < 1.29 is 19.8 Å². The van der Waals surface area contributed by atoms with E-state index in [9.17, 15) is 9.59 Å². The van der Waals surface area contributed by atoms with Crippen molar-refractivity contribution in [2.45, 2.75) is 324 Å². The maximum absolute atomic E-state index is 10.3. The fraction of sp³-hybridized carbons (Fsp3) is 0.962. The summed E-state index contributed by atoms with van der Waals surface area (Å²) >= 11 is 0. The molecular formula is C52H108O4Sn. The second-order valence-electron chi connectivity index (χ2n) is 17.0. The largest absolute Gasteiger partial charge is 0.481 e. The monoisotopic (exact) mass is 917 g/mol. The van der Waals surface area contributed by atoms with E-state index < -0.39 is 11.9 Å². The molecule has 344 valence electrons. The third-order valence-corrected chi connectivity index (χ3v) is 10.9. The zero-order chi connectivity index (χ0) is 42.3. The third kappa shape index (κ3) is 84.1. The van der Waals surface area contributed by atoms with Crippen molar-refractivity contribution in [1.82, 2.24) is 0 Å². The molecule has 0 bridgehead atoms. The van der Waals surface area contributed by atoms with Crippen LogP contribution >= 0.6 is 0 Å². The molecule has 0 atom stereocenters. The third-order valence-electron chi connectivity index (χ3n) is 10.9. The minimum absolute atomic E-state index is 0. The molecule has 0 unspecified atom stereocenters. The van der Waals surface area contributed by atoms with Crippen LogP contribution in [-0.2, 0) is 9.59 Å². The molecule has 0 aromatic carbocycles. The smallest absolute Gasteiger partial charge is 0.303 e. The molecule has 4 radical (unpaired) electrons. The van der Waals surface area contributed by atoms with Crippen LogP contribution in [0.2, 0.25) is 0 Å². The fourth-order valence-electron chi connectivity index (χ4n) is 7.00. The van der Waals surface area contributed by atoms with Crippen LogP contribution in [0.15, 0.2) is 0 Å². The summed E-state index contributed by atoms with van der Waals surface area (Å²) in [5, 5.41) is 17.0. The van der Waals surface area contributed by atoms with E-state index in [-0.39, 0.29) is 23.9 Å². The Bertz CT molecular complexity index is 602. The van der Waals surface area contributed by atoms with Gasteiger partial charge in [-0.15, -0.1) is 0 Å². The first-order chi connectivity index (χ1) is 27.4. The molecule has 0 saturated carbocycles. The van der Waals surface area contributed by atoms with Gasteiger partial charge in [0.15, 0.2) is 0 Å². The maximum Gasteiger partial charge on any atom is 0.303 e. The van der Waals surface area contributed by atoms with Gasteiger partial charge in [0.25, 0.3) is 0 Å². The predicted molar refractivity (Wildman–Crippen MR) is 258 cm³/mol.